The first-order valence-electron chi connectivity index (χ1n) is 11.5. The predicted molar refractivity (Wildman–Crippen MR) is 122 cm³/mol. The number of aliphatic hydroxyl groups excluding tert-OH is 1. The molecule has 0 bridgehead atoms. The van der Waals surface area contributed by atoms with E-state index in [0.29, 0.717) is 12.1 Å². The fraction of sp³-hybridized carbons (Fsp3) is 0.522. The smallest absolute Gasteiger partial charge is 0.389 e. The monoisotopic (exact) mass is 512 g/mol. The number of likely N-dealkylation sites (tertiary alicyclic amines) is 1. The molecule has 5 N–H and O–H groups in total. The molecule has 0 unspecified atom stereocenters. The van der Waals surface area contributed by atoms with Crippen LogP contribution in [0.1, 0.15) is 30.4 Å². The molecule has 1 aliphatic carbocycles. The quantitative estimate of drug-likeness (QED) is 0.373. The van der Waals surface area contributed by atoms with E-state index in [2.05, 4.69) is 15.3 Å². The number of hydrogen-bond acceptors (Lipinski definition) is 8. The van der Waals surface area contributed by atoms with E-state index in [1.54, 1.807) is 9.80 Å². The van der Waals surface area contributed by atoms with Crippen LogP contribution in [-0.4, -0.2) is 74.9 Å². The number of primary amides is 1. The Morgan fingerprint density at radius 3 is 2.53 bits per heavy atom. The molecule has 1 aromatic carbocycles. The predicted octanol–water partition coefficient (Wildman–Crippen LogP) is 1.50. The summed E-state index contributed by atoms with van der Waals surface area (Å²) in [6.45, 7) is 0.267. The van der Waals surface area contributed by atoms with E-state index >= 15 is 4.39 Å². The van der Waals surface area contributed by atoms with Gasteiger partial charge in [-0.3, -0.25) is 9.69 Å². The molecule has 1 aliphatic heterocycles. The number of nitrogens with two attached hydrogens (primary N) is 1. The Morgan fingerprint density at radius 2 is 1.94 bits per heavy atom. The minimum Gasteiger partial charge on any atom is -0.389 e. The van der Waals surface area contributed by atoms with E-state index in [1.165, 1.54) is 18.5 Å². The minimum atomic E-state index is -4.44. The van der Waals surface area contributed by atoms with Gasteiger partial charge in [0.15, 0.2) is 11.6 Å². The number of nitrogens with one attached hydrogen (secondary N) is 1. The highest BCUT2D eigenvalue weighted by atomic mass is 19.4. The molecule has 1 saturated carbocycles. The SMILES string of the molecule is NC(=O)CN1CC[C@@](O)(CNc2ncnc(N(Cc3ccc(C(F)(F)F)cc3)C3CC3)c2F)[C@H](O)C1. The summed E-state index contributed by atoms with van der Waals surface area (Å²) in [5.41, 5.74) is 3.41. The molecule has 1 amide bonds. The lowest BCUT2D eigenvalue weighted by molar-refractivity contribution is -0.137. The van der Waals surface area contributed by atoms with Crippen LogP contribution in [0.3, 0.4) is 0 Å². The van der Waals surface area contributed by atoms with Gasteiger partial charge in [-0.1, -0.05) is 12.1 Å². The Morgan fingerprint density at radius 1 is 1.25 bits per heavy atom. The highest BCUT2D eigenvalue weighted by molar-refractivity contribution is 5.75. The molecule has 1 saturated heterocycles. The molecular formula is C23H28F4N6O3. The second kappa shape index (κ2) is 10.1. The Hall–Kier alpha value is -3.03. The van der Waals surface area contributed by atoms with Crippen molar-refractivity contribution in [2.24, 2.45) is 5.73 Å². The molecule has 196 valence electrons. The van der Waals surface area contributed by atoms with Crippen molar-refractivity contribution in [1.82, 2.24) is 14.9 Å². The van der Waals surface area contributed by atoms with E-state index < -0.39 is 35.2 Å². The maximum absolute atomic E-state index is 15.4. The van der Waals surface area contributed by atoms with Crippen molar-refractivity contribution in [2.75, 3.05) is 36.4 Å². The lowest BCUT2D eigenvalue weighted by Gasteiger charge is -2.41. The Labute approximate surface area is 204 Å². The van der Waals surface area contributed by atoms with Gasteiger partial charge in [0.05, 0.1) is 18.2 Å². The van der Waals surface area contributed by atoms with Crippen molar-refractivity contribution in [1.29, 1.82) is 0 Å². The highest BCUT2D eigenvalue weighted by Crippen LogP contribution is 2.35. The van der Waals surface area contributed by atoms with Crippen molar-refractivity contribution < 1.29 is 32.6 Å². The van der Waals surface area contributed by atoms with Gasteiger partial charge in [-0.2, -0.15) is 17.6 Å². The van der Waals surface area contributed by atoms with Gasteiger partial charge >= 0.3 is 6.18 Å². The number of carbonyl (C=O) groups excluding carboxylic acids is 1. The number of aliphatic hydroxyl groups is 2. The number of piperidine rings is 1. The van der Waals surface area contributed by atoms with Crippen molar-refractivity contribution in [2.45, 2.75) is 49.7 Å². The molecule has 0 radical (unpaired) electrons. The molecule has 2 atom stereocenters. The zero-order valence-electron chi connectivity index (χ0n) is 19.4. The number of nitrogens with zero attached hydrogens (tertiary/aromatic N) is 4. The summed E-state index contributed by atoms with van der Waals surface area (Å²) in [7, 11) is 0. The standard InChI is InChI=1S/C23H28F4N6O3/c24-19-20(29-12-22(36)7-8-32(10-17(22)34)11-18(28)35)30-13-31-21(19)33(16-5-6-16)9-14-1-3-15(4-2-14)23(25,26)27/h1-4,13,16-17,34,36H,5-12H2,(H2,28,35)(H,29,30,31)/t17-,22-/m1/s1. The van der Waals surface area contributed by atoms with Gasteiger partial charge in [0.1, 0.15) is 11.9 Å². The zero-order chi connectivity index (χ0) is 26.1. The third kappa shape index (κ3) is 6.02. The lowest BCUT2D eigenvalue weighted by atomic mass is 9.88. The average Bonchev–Trinajstić information content (AvgIpc) is 3.65. The molecule has 0 spiro atoms. The van der Waals surface area contributed by atoms with Gasteiger partial charge in [0.25, 0.3) is 0 Å². The Kier molecular flexibility index (Phi) is 7.34. The number of alkyl halides is 3. The van der Waals surface area contributed by atoms with Gasteiger partial charge in [-0.15, -0.1) is 0 Å². The third-order valence-corrected chi connectivity index (χ3v) is 6.52. The average molecular weight is 513 g/mol. The van der Waals surface area contributed by atoms with Gasteiger partial charge in [0, 0.05) is 32.2 Å². The van der Waals surface area contributed by atoms with E-state index in [4.69, 9.17) is 5.73 Å². The maximum atomic E-state index is 15.4. The van der Waals surface area contributed by atoms with Crippen LogP contribution in [0.4, 0.5) is 29.2 Å². The first kappa shape index (κ1) is 26.0. The number of carbonyl (C=O) groups is 1. The topological polar surface area (TPSA) is 128 Å². The van der Waals surface area contributed by atoms with Crippen LogP contribution < -0.4 is 16.0 Å². The van der Waals surface area contributed by atoms with Crippen LogP contribution >= 0.6 is 0 Å². The number of β-amino-alcohol motifs (C(OH)–C–C–N with tert-alkyl or cyclic N) is 1. The van der Waals surface area contributed by atoms with E-state index in [-0.39, 0.29) is 50.3 Å². The fourth-order valence-corrected chi connectivity index (χ4v) is 4.27. The van der Waals surface area contributed by atoms with Crippen LogP contribution in [0.2, 0.25) is 0 Å². The van der Waals surface area contributed by atoms with Crippen molar-refractivity contribution in [3.63, 3.8) is 0 Å². The van der Waals surface area contributed by atoms with Crippen LogP contribution in [0, 0.1) is 5.82 Å². The van der Waals surface area contributed by atoms with Crippen LogP contribution in [-0.2, 0) is 17.5 Å². The first-order chi connectivity index (χ1) is 17.0. The maximum Gasteiger partial charge on any atom is 0.416 e. The summed E-state index contributed by atoms with van der Waals surface area (Å²) >= 11 is 0. The molecule has 2 aliphatic rings. The highest BCUT2D eigenvalue weighted by Gasteiger charge is 2.41. The first-order valence-corrected chi connectivity index (χ1v) is 11.5. The number of aromatic nitrogens is 2. The number of anilines is 2. The van der Waals surface area contributed by atoms with E-state index in [1.807, 2.05) is 0 Å². The largest absolute Gasteiger partial charge is 0.416 e. The minimum absolute atomic E-state index is 0.00119. The summed E-state index contributed by atoms with van der Waals surface area (Å²) in [5, 5.41) is 24.1. The van der Waals surface area contributed by atoms with Crippen LogP contribution in [0.25, 0.3) is 0 Å². The number of rotatable bonds is 9. The second-order valence-electron chi connectivity index (χ2n) is 9.34. The Balaban J connectivity index is 1.45. The molecule has 2 fully saturated rings. The number of benzene rings is 1. The van der Waals surface area contributed by atoms with Gasteiger partial charge in [0.2, 0.25) is 11.7 Å². The summed E-state index contributed by atoms with van der Waals surface area (Å²) in [5.74, 6) is -1.48. The molecule has 2 heterocycles. The molecule has 9 nitrogen and oxygen atoms in total. The lowest BCUT2D eigenvalue weighted by Crippen LogP contribution is -2.59. The number of halogens is 4. The molecular weight excluding hydrogens is 484 g/mol. The molecule has 4 rings (SSSR count). The van der Waals surface area contributed by atoms with Gasteiger partial charge in [-0.25, -0.2) is 9.97 Å². The van der Waals surface area contributed by atoms with E-state index in [0.717, 1.165) is 25.0 Å². The van der Waals surface area contributed by atoms with E-state index in [9.17, 15) is 28.2 Å². The third-order valence-electron chi connectivity index (χ3n) is 6.52. The number of amides is 1. The zero-order valence-corrected chi connectivity index (χ0v) is 19.4. The van der Waals surface area contributed by atoms with Crippen LogP contribution in [0.5, 0.6) is 0 Å². The van der Waals surface area contributed by atoms with Gasteiger partial charge < -0.3 is 26.2 Å². The molecule has 36 heavy (non-hydrogen) atoms. The molecule has 1 aromatic heterocycles. The summed E-state index contributed by atoms with van der Waals surface area (Å²) < 4.78 is 54.0. The van der Waals surface area contributed by atoms with Crippen molar-refractivity contribution in [3.8, 4) is 0 Å². The normalized spacial score (nSPS) is 22.9. The van der Waals surface area contributed by atoms with Crippen molar-refractivity contribution in [3.05, 3.63) is 47.5 Å². The summed E-state index contributed by atoms with van der Waals surface area (Å²) in [4.78, 5) is 22.4. The summed E-state index contributed by atoms with van der Waals surface area (Å²) in [6, 6.07) is 4.69. The van der Waals surface area contributed by atoms with Gasteiger partial charge in [-0.05, 0) is 37.0 Å². The van der Waals surface area contributed by atoms with Crippen molar-refractivity contribution >= 4 is 17.5 Å². The molecule has 13 heteroatoms. The second-order valence-corrected chi connectivity index (χ2v) is 9.34. The van der Waals surface area contributed by atoms with Crippen LogP contribution in [0.15, 0.2) is 30.6 Å². The Bertz CT molecular complexity index is 1080. The summed E-state index contributed by atoms with van der Waals surface area (Å²) in [6.07, 6.45) is -2.77. The number of hydrogen-bond donors (Lipinski definition) is 4. The molecule has 2 aromatic rings. The fourth-order valence-electron chi connectivity index (χ4n) is 4.27.